The van der Waals surface area contributed by atoms with Crippen molar-refractivity contribution < 1.29 is 0 Å². The molecule has 0 radical (unpaired) electrons. The van der Waals surface area contributed by atoms with Gasteiger partial charge in [0.25, 0.3) is 0 Å². The fourth-order valence-corrected chi connectivity index (χ4v) is 5.09. The molecule has 3 heteroatoms. The average molecular weight is 277 g/mol. The maximum Gasteiger partial charge on any atom is 0.00693 e. The predicted molar refractivity (Wildman–Crippen MR) is 87.2 cm³/mol. The second-order valence-corrected chi connectivity index (χ2v) is 8.51. The van der Waals surface area contributed by atoms with Crippen LogP contribution in [0, 0.1) is 0 Å². The lowest BCUT2D eigenvalue weighted by Crippen LogP contribution is -2.24. The van der Waals surface area contributed by atoms with Gasteiger partial charge >= 0.3 is 0 Å². The molecule has 0 amide bonds. The van der Waals surface area contributed by atoms with E-state index in [4.69, 9.17) is 0 Å². The van der Waals surface area contributed by atoms with Crippen LogP contribution in [0.25, 0.3) is 0 Å². The monoisotopic (exact) mass is 277 g/mol. The molecule has 0 N–H and O–H groups in total. The first kappa shape index (κ1) is 17.7. The van der Waals surface area contributed by atoms with E-state index in [1.165, 1.54) is 63.0 Å². The lowest BCUT2D eigenvalue weighted by molar-refractivity contribution is 0.379. The van der Waals surface area contributed by atoms with Crippen LogP contribution in [0.3, 0.4) is 0 Å². The lowest BCUT2D eigenvalue weighted by Gasteiger charge is -2.22. The summed E-state index contributed by atoms with van der Waals surface area (Å²) >= 11 is 1.96. The molecule has 0 heterocycles. The van der Waals surface area contributed by atoms with Crippen molar-refractivity contribution in [1.29, 1.82) is 0 Å². The lowest BCUT2D eigenvalue weighted by atomic mass is 10.4. The summed E-state index contributed by atoms with van der Waals surface area (Å²) in [6.45, 7) is 7.21. The summed E-state index contributed by atoms with van der Waals surface area (Å²) in [5, 5.41) is 0. The first-order valence-electron chi connectivity index (χ1n) is 7.14. The highest BCUT2D eigenvalue weighted by Crippen LogP contribution is 2.37. The molecule has 1 nitrogen and oxygen atoms in total. The van der Waals surface area contributed by atoms with E-state index in [1.807, 2.05) is 11.8 Å². The maximum atomic E-state index is 2.52. The molecule has 0 bridgehead atoms. The molecule has 0 spiro atoms. The number of nitrogens with zero attached hydrogens (tertiary/aromatic N) is 1. The number of hydrogen-bond donors (Lipinski definition) is 0. The Hall–Kier alpha value is 0.740. The Morgan fingerprint density at radius 3 is 2.00 bits per heavy atom. The van der Waals surface area contributed by atoms with Gasteiger partial charge in [-0.25, -0.2) is 0 Å². The zero-order valence-electron chi connectivity index (χ0n) is 12.4. The number of hydrogen-bond acceptors (Lipinski definition) is 2. The molecule has 0 atom stereocenters. The van der Waals surface area contributed by atoms with Crippen molar-refractivity contribution in [1.82, 2.24) is 4.90 Å². The molecule has 0 aliphatic carbocycles. The van der Waals surface area contributed by atoms with Gasteiger partial charge in [0.1, 0.15) is 0 Å². The molecule has 0 rings (SSSR count). The van der Waals surface area contributed by atoms with Crippen LogP contribution in [-0.2, 0) is 0 Å². The van der Waals surface area contributed by atoms with E-state index in [1.54, 1.807) is 0 Å². The summed E-state index contributed by atoms with van der Waals surface area (Å²) in [5.74, 6) is 1.28. The summed E-state index contributed by atoms with van der Waals surface area (Å²) in [6.07, 6.45) is 12.3. The number of unbranched alkanes of at least 4 members (excludes halogenated alkanes) is 2. The van der Waals surface area contributed by atoms with Crippen molar-refractivity contribution in [3.8, 4) is 0 Å². The van der Waals surface area contributed by atoms with Crippen LogP contribution in [-0.4, -0.2) is 55.5 Å². The Balaban J connectivity index is 3.71. The minimum Gasteiger partial charge on any atom is -0.305 e. The van der Waals surface area contributed by atoms with Crippen molar-refractivity contribution in [2.24, 2.45) is 0 Å². The van der Waals surface area contributed by atoms with Crippen LogP contribution in [0.4, 0.5) is 0 Å². The van der Waals surface area contributed by atoms with Crippen LogP contribution in [0.1, 0.15) is 39.5 Å². The zero-order valence-corrected chi connectivity index (χ0v) is 14.1. The summed E-state index contributed by atoms with van der Waals surface area (Å²) in [5.41, 5.74) is 0. The van der Waals surface area contributed by atoms with Crippen LogP contribution < -0.4 is 0 Å². The van der Waals surface area contributed by atoms with Gasteiger partial charge in [0.2, 0.25) is 0 Å². The smallest absolute Gasteiger partial charge is 0.00693 e. The Bertz CT molecular complexity index is 147. The van der Waals surface area contributed by atoms with Crippen molar-refractivity contribution in [3.05, 3.63) is 0 Å². The van der Waals surface area contributed by atoms with Crippen LogP contribution in [0.5, 0.6) is 0 Å². The molecule has 0 aliphatic rings. The molecule has 0 aromatic rings. The predicted octanol–water partition coefficient (Wildman–Crippen LogP) is 4.36. The van der Waals surface area contributed by atoms with Gasteiger partial charge in [0.15, 0.2) is 0 Å². The second-order valence-electron chi connectivity index (χ2n) is 4.84. The number of rotatable bonds is 12. The molecule has 0 aromatic carbocycles. The average Bonchev–Trinajstić information content (AvgIpc) is 2.35. The molecule has 0 aliphatic heterocycles. The summed E-state index contributed by atoms with van der Waals surface area (Å²) in [6, 6.07) is 0. The molecule has 0 unspecified atom stereocenters. The Morgan fingerprint density at radius 1 is 0.941 bits per heavy atom. The van der Waals surface area contributed by atoms with Gasteiger partial charge in [-0.05, 0) is 44.6 Å². The summed E-state index contributed by atoms with van der Waals surface area (Å²) in [4.78, 5) is 2.52. The molecular formula is C14H32NPS. The summed E-state index contributed by atoms with van der Waals surface area (Å²) in [7, 11) is 2.61. The maximum absolute atomic E-state index is 2.52. The van der Waals surface area contributed by atoms with Crippen LogP contribution in [0.15, 0.2) is 0 Å². The van der Waals surface area contributed by atoms with E-state index in [9.17, 15) is 0 Å². The van der Waals surface area contributed by atoms with Crippen molar-refractivity contribution >= 4 is 19.7 Å². The molecular weight excluding hydrogens is 245 g/mol. The fraction of sp³-hybridized carbons (Fsp3) is 1.00. The molecule has 104 valence electrons. The van der Waals surface area contributed by atoms with Gasteiger partial charge in [0, 0.05) is 18.8 Å². The van der Waals surface area contributed by atoms with Crippen molar-refractivity contribution in [2.75, 3.05) is 50.6 Å². The second kappa shape index (κ2) is 13.2. The van der Waals surface area contributed by atoms with Crippen LogP contribution >= 0.6 is 19.7 Å². The largest absolute Gasteiger partial charge is 0.305 e. The molecule has 17 heavy (non-hydrogen) atoms. The Labute approximate surface area is 115 Å². The molecule has 0 saturated heterocycles. The highest BCUT2D eigenvalue weighted by atomic mass is 32.2. The van der Waals surface area contributed by atoms with E-state index in [0.717, 1.165) is 0 Å². The normalized spacial score (nSPS) is 11.6. The third-order valence-electron chi connectivity index (χ3n) is 3.13. The van der Waals surface area contributed by atoms with Crippen molar-refractivity contribution in [2.45, 2.75) is 39.5 Å². The third kappa shape index (κ3) is 11.6. The van der Waals surface area contributed by atoms with E-state index >= 15 is 0 Å². The summed E-state index contributed by atoms with van der Waals surface area (Å²) < 4.78 is 0. The van der Waals surface area contributed by atoms with Gasteiger partial charge in [-0.15, -0.1) is 7.92 Å². The molecule has 0 aromatic heterocycles. The fourth-order valence-electron chi connectivity index (χ4n) is 1.77. The topological polar surface area (TPSA) is 3.24 Å². The first-order valence-corrected chi connectivity index (χ1v) is 10.4. The van der Waals surface area contributed by atoms with Gasteiger partial charge in [-0.1, -0.05) is 26.7 Å². The van der Waals surface area contributed by atoms with Gasteiger partial charge < -0.3 is 4.90 Å². The van der Waals surface area contributed by atoms with Gasteiger partial charge in [-0.2, -0.15) is 11.8 Å². The molecule has 0 fully saturated rings. The minimum absolute atomic E-state index is 0.332. The third-order valence-corrected chi connectivity index (χ3v) is 6.45. The highest BCUT2D eigenvalue weighted by Gasteiger charge is 2.08. The standard InChI is InChI=1S/C14H32NPS/c1-5-7-11-16(12-8-6-2)13-9-15(3)10-14-17-4/h5-14H2,1-4H3. The Kier molecular flexibility index (Phi) is 13.8. The van der Waals surface area contributed by atoms with Crippen molar-refractivity contribution in [3.63, 3.8) is 0 Å². The molecule has 0 saturated carbocycles. The van der Waals surface area contributed by atoms with E-state index in [2.05, 4.69) is 32.1 Å². The zero-order chi connectivity index (χ0) is 12.9. The van der Waals surface area contributed by atoms with Gasteiger partial charge in [0.05, 0.1) is 0 Å². The highest BCUT2D eigenvalue weighted by molar-refractivity contribution is 7.98. The van der Waals surface area contributed by atoms with Gasteiger partial charge in [-0.3, -0.25) is 0 Å². The first-order chi connectivity index (χ1) is 8.24. The van der Waals surface area contributed by atoms with E-state index < -0.39 is 0 Å². The Morgan fingerprint density at radius 2 is 1.53 bits per heavy atom. The minimum atomic E-state index is 0.332. The van der Waals surface area contributed by atoms with E-state index in [0.29, 0.717) is 7.92 Å². The number of thioether (sulfide) groups is 1. The SMILES string of the molecule is CCCCP(CCCC)CCN(C)CCSC. The van der Waals surface area contributed by atoms with E-state index in [-0.39, 0.29) is 0 Å². The van der Waals surface area contributed by atoms with Crippen LogP contribution in [0.2, 0.25) is 0 Å². The quantitative estimate of drug-likeness (QED) is 0.488.